The average molecular weight is 310 g/mol. The van der Waals surface area contributed by atoms with Crippen LogP contribution >= 0.6 is 11.6 Å². The summed E-state index contributed by atoms with van der Waals surface area (Å²) in [6.45, 7) is 2.77. The zero-order valence-corrected chi connectivity index (χ0v) is 13.0. The third-order valence-corrected chi connectivity index (χ3v) is 4.26. The minimum Gasteiger partial charge on any atom is -0.366 e. The van der Waals surface area contributed by atoms with E-state index in [1.807, 2.05) is 30.3 Å². The molecule has 2 aromatic rings. The highest BCUT2D eigenvalue weighted by molar-refractivity contribution is 6.31. The van der Waals surface area contributed by atoms with Gasteiger partial charge in [0.25, 0.3) is 0 Å². The van der Waals surface area contributed by atoms with Crippen molar-refractivity contribution in [2.75, 3.05) is 11.4 Å². The van der Waals surface area contributed by atoms with E-state index in [1.54, 1.807) is 0 Å². The molecule has 0 spiro atoms. The van der Waals surface area contributed by atoms with Gasteiger partial charge in [-0.2, -0.15) is 0 Å². The van der Waals surface area contributed by atoms with Crippen LogP contribution < -0.4 is 10.2 Å². The largest absolute Gasteiger partial charge is 0.366 e. The number of benzene rings is 2. The zero-order valence-electron chi connectivity index (χ0n) is 12.3. The molecule has 110 valence electrons. The van der Waals surface area contributed by atoms with Gasteiger partial charge in [0.05, 0.1) is 17.9 Å². The number of aliphatic imine (C=N–C) groups is 1. The van der Waals surface area contributed by atoms with Gasteiger partial charge in [-0.05, 0) is 25.1 Å². The summed E-state index contributed by atoms with van der Waals surface area (Å²) in [6, 6.07) is 16.3. The summed E-state index contributed by atoms with van der Waals surface area (Å²) in [4.78, 5) is 7.12. The Morgan fingerprint density at radius 1 is 1.18 bits per heavy atom. The molecule has 0 saturated carbocycles. The molecule has 1 atom stereocenters. The van der Waals surface area contributed by atoms with Crippen molar-refractivity contribution < 1.29 is 0 Å². The number of allylic oxidation sites excluding steroid dienone is 1. The van der Waals surface area contributed by atoms with Gasteiger partial charge < -0.3 is 10.2 Å². The van der Waals surface area contributed by atoms with Crippen LogP contribution in [-0.2, 0) is 0 Å². The summed E-state index contributed by atoms with van der Waals surface area (Å²) in [6.07, 6.45) is 2.31. The first-order valence-electron chi connectivity index (χ1n) is 7.35. The van der Waals surface area contributed by atoms with Gasteiger partial charge in [0.1, 0.15) is 6.17 Å². The van der Waals surface area contributed by atoms with E-state index in [-0.39, 0.29) is 6.17 Å². The lowest BCUT2D eigenvalue weighted by molar-refractivity contribution is 0.624. The van der Waals surface area contributed by atoms with E-state index < -0.39 is 0 Å². The summed E-state index contributed by atoms with van der Waals surface area (Å²) >= 11 is 6.25. The van der Waals surface area contributed by atoms with Crippen molar-refractivity contribution in [3.63, 3.8) is 0 Å². The van der Waals surface area contributed by atoms with Crippen LogP contribution in [0.25, 0.3) is 0 Å². The summed E-state index contributed by atoms with van der Waals surface area (Å²) in [5.41, 5.74) is 5.49. The smallest absolute Gasteiger partial charge is 0.123 e. The van der Waals surface area contributed by atoms with E-state index in [0.717, 1.165) is 33.2 Å². The van der Waals surface area contributed by atoms with Crippen molar-refractivity contribution in [2.45, 2.75) is 13.1 Å². The minimum atomic E-state index is 0.168. The first-order valence-corrected chi connectivity index (χ1v) is 7.73. The maximum absolute atomic E-state index is 6.25. The molecule has 2 aromatic carbocycles. The number of fused-ring (bicyclic) bond motifs is 3. The van der Waals surface area contributed by atoms with Crippen LogP contribution in [0.3, 0.4) is 0 Å². The first kappa shape index (κ1) is 13.4. The second kappa shape index (κ2) is 5.18. The Hall–Kier alpha value is -2.26. The second-order valence-corrected chi connectivity index (χ2v) is 6.03. The summed E-state index contributed by atoms with van der Waals surface area (Å²) in [7, 11) is 0. The van der Waals surface area contributed by atoms with Crippen LogP contribution in [0.15, 0.2) is 65.4 Å². The molecule has 0 amide bonds. The molecule has 0 saturated heterocycles. The fourth-order valence-electron chi connectivity index (χ4n) is 3.07. The van der Waals surface area contributed by atoms with E-state index in [2.05, 4.69) is 41.5 Å². The molecule has 0 bridgehead atoms. The summed E-state index contributed by atoms with van der Waals surface area (Å²) < 4.78 is 0. The quantitative estimate of drug-likeness (QED) is 0.868. The predicted octanol–water partition coefficient (Wildman–Crippen LogP) is 3.79. The lowest BCUT2D eigenvalue weighted by atomic mass is 10.0. The van der Waals surface area contributed by atoms with Crippen molar-refractivity contribution >= 4 is 23.0 Å². The molecule has 2 aliphatic heterocycles. The van der Waals surface area contributed by atoms with Gasteiger partial charge in [-0.25, -0.2) is 0 Å². The maximum Gasteiger partial charge on any atom is 0.123 e. The third-order valence-electron chi connectivity index (χ3n) is 4.02. The van der Waals surface area contributed by atoms with Gasteiger partial charge in [-0.1, -0.05) is 41.9 Å². The van der Waals surface area contributed by atoms with Crippen LogP contribution in [0.5, 0.6) is 0 Å². The van der Waals surface area contributed by atoms with E-state index in [0.29, 0.717) is 6.54 Å². The molecule has 2 aliphatic rings. The Balaban J connectivity index is 1.91. The fraction of sp³-hybridized carbons (Fsp3) is 0.167. The van der Waals surface area contributed by atoms with Crippen LogP contribution in [-0.4, -0.2) is 18.4 Å². The lowest BCUT2D eigenvalue weighted by Gasteiger charge is -2.24. The number of hydrogen-bond donors (Lipinski definition) is 1. The Bertz CT molecular complexity index is 780. The van der Waals surface area contributed by atoms with E-state index in [9.17, 15) is 0 Å². The molecule has 22 heavy (non-hydrogen) atoms. The SMILES string of the molecule is CC1=CN2c3ccc(Cl)cc3C(c3ccccc3)=NCC2N1. The Morgan fingerprint density at radius 3 is 2.82 bits per heavy atom. The average Bonchev–Trinajstić information content (AvgIpc) is 2.83. The van der Waals surface area contributed by atoms with Crippen LogP contribution in [0, 0.1) is 0 Å². The fourth-order valence-corrected chi connectivity index (χ4v) is 3.24. The van der Waals surface area contributed by atoms with E-state index in [4.69, 9.17) is 16.6 Å². The molecule has 0 fully saturated rings. The van der Waals surface area contributed by atoms with E-state index >= 15 is 0 Å². The van der Waals surface area contributed by atoms with Crippen LogP contribution in [0.4, 0.5) is 5.69 Å². The summed E-state index contributed by atoms with van der Waals surface area (Å²) in [5.74, 6) is 0. The standard InChI is InChI=1S/C18H16ClN3/c1-12-11-22-16-8-7-14(19)9-15(16)18(20-10-17(22)21-12)13-5-3-2-4-6-13/h2-9,11,17,21H,10H2,1H3. The van der Waals surface area contributed by atoms with Crippen LogP contribution in [0.2, 0.25) is 5.02 Å². The molecule has 4 rings (SSSR count). The minimum absolute atomic E-state index is 0.168. The molecule has 4 heteroatoms. The highest BCUT2D eigenvalue weighted by Crippen LogP contribution is 2.32. The lowest BCUT2D eigenvalue weighted by Crippen LogP contribution is -2.38. The molecule has 1 N–H and O–H groups in total. The zero-order chi connectivity index (χ0) is 15.1. The normalized spacial score (nSPS) is 19.5. The van der Waals surface area contributed by atoms with Crippen molar-refractivity contribution in [3.8, 4) is 0 Å². The molecule has 2 heterocycles. The van der Waals surface area contributed by atoms with Gasteiger partial charge in [0.2, 0.25) is 0 Å². The Labute approximate surface area is 134 Å². The highest BCUT2D eigenvalue weighted by Gasteiger charge is 2.29. The van der Waals surface area contributed by atoms with Gasteiger partial charge in [-0.15, -0.1) is 0 Å². The molecule has 1 unspecified atom stereocenters. The first-order chi connectivity index (χ1) is 10.7. The van der Waals surface area contributed by atoms with Gasteiger partial charge in [0, 0.05) is 28.0 Å². The predicted molar refractivity (Wildman–Crippen MR) is 91.6 cm³/mol. The van der Waals surface area contributed by atoms with Crippen molar-refractivity contribution in [2.24, 2.45) is 4.99 Å². The molecular weight excluding hydrogens is 294 g/mol. The number of nitrogens with one attached hydrogen (secondary N) is 1. The highest BCUT2D eigenvalue weighted by atomic mass is 35.5. The number of halogens is 1. The number of hydrogen-bond acceptors (Lipinski definition) is 3. The molecule has 0 aromatic heterocycles. The van der Waals surface area contributed by atoms with Crippen molar-refractivity contribution in [1.82, 2.24) is 5.32 Å². The Morgan fingerprint density at radius 2 is 2.00 bits per heavy atom. The molecule has 0 aliphatic carbocycles. The number of anilines is 1. The molecular formula is C18H16ClN3. The van der Waals surface area contributed by atoms with Gasteiger partial charge >= 0.3 is 0 Å². The van der Waals surface area contributed by atoms with Crippen molar-refractivity contribution in [3.05, 3.63) is 76.6 Å². The monoisotopic (exact) mass is 309 g/mol. The molecule has 3 nitrogen and oxygen atoms in total. The number of nitrogens with zero attached hydrogens (tertiary/aromatic N) is 2. The van der Waals surface area contributed by atoms with Crippen LogP contribution in [0.1, 0.15) is 18.1 Å². The van der Waals surface area contributed by atoms with Crippen molar-refractivity contribution in [1.29, 1.82) is 0 Å². The maximum atomic E-state index is 6.25. The topological polar surface area (TPSA) is 27.6 Å². The van der Waals surface area contributed by atoms with Gasteiger partial charge in [0.15, 0.2) is 0 Å². The van der Waals surface area contributed by atoms with E-state index in [1.165, 1.54) is 0 Å². The summed E-state index contributed by atoms with van der Waals surface area (Å²) in [5, 5.41) is 4.20. The third kappa shape index (κ3) is 2.18. The molecule has 0 radical (unpaired) electrons. The number of rotatable bonds is 1. The van der Waals surface area contributed by atoms with Gasteiger partial charge in [-0.3, -0.25) is 4.99 Å². The second-order valence-electron chi connectivity index (χ2n) is 5.60. The Kier molecular flexibility index (Phi) is 3.16.